The van der Waals surface area contributed by atoms with E-state index in [-0.39, 0.29) is 0 Å². The zero-order chi connectivity index (χ0) is 11.0. The second-order valence-electron chi connectivity index (χ2n) is 2.40. The SMILES string of the molecule is O=C(O)C(=O)O.O=NN1CCNCC1. The van der Waals surface area contributed by atoms with Gasteiger partial charge >= 0.3 is 11.9 Å². The molecule has 1 aliphatic heterocycles. The standard InChI is InChI=1S/C4H9N3O.C2H2O4/c8-6-7-3-1-5-2-4-7;3-1(4)2(5)6/h5H,1-4H2;(H,3,4)(H,5,6). The molecule has 1 fully saturated rings. The normalized spacial score (nSPS) is 15.0. The van der Waals surface area contributed by atoms with E-state index in [1.807, 2.05) is 0 Å². The molecular weight excluding hydrogens is 194 g/mol. The fourth-order valence-corrected chi connectivity index (χ4v) is 0.735. The molecule has 0 aliphatic carbocycles. The Morgan fingerprint density at radius 3 is 1.79 bits per heavy atom. The van der Waals surface area contributed by atoms with Gasteiger partial charge in [-0.2, -0.15) is 0 Å². The first-order chi connectivity index (χ1) is 6.57. The third-order valence-electron chi connectivity index (χ3n) is 1.39. The molecule has 0 spiro atoms. The van der Waals surface area contributed by atoms with Crippen LogP contribution in [-0.2, 0) is 9.59 Å². The average molecular weight is 205 g/mol. The van der Waals surface area contributed by atoms with Crippen LogP contribution in [0.25, 0.3) is 0 Å². The van der Waals surface area contributed by atoms with Gasteiger partial charge in [0.15, 0.2) is 0 Å². The molecular formula is C6H11N3O5. The molecule has 3 N–H and O–H groups in total. The smallest absolute Gasteiger partial charge is 0.414 e. The van der Waals surface area contributed by atoms with Crippen molar-refractivity contribution in [2.45, 2.75) is 0 Å². The lowest BCUT2D eigenvalue weighted by Crippen LogP contribution is -2.40. The quantitative estimate of drug-likeness (QED) is 0.360. The number of nitroso groups, excluding NO2 is 1. The lowest BCUT2D eigenvalue weighted by atomic mass is 10.4. The third kappa shape index (κ3) is 5.89. The number of carboxylic acid groups (broad SMARTS) is 2. The Hall–Kier alpha value is -1.70. The van der Waals surface area contributed by atoms with Crippen LogP contribution in [0.15, 0.2) is 5.29 Å². The Bertz CT molecular complexity index is 202. The number of aliphatic carboxylic acids is 2. The van der Waals surface area contributed by atoms with Crippen LogP contribution >= 0.6 is 0 Å². The van der Waals surface area contributed by atoms with Crippen molar-refractivity contribution in [3.05, 3.63) is 4.91 Å². The highest BCUT2D eigenvalue weighted by atomic mass is 16.4. The van der Waals surface area contributed by atoms with Crippen LogP contribution in [-0.4, -0.2) is 53.3 Å². The van der Waals surface area contributed by atoms with Gasteiger partial charge in [0, 0.05) is 13.1 Å². The van der Waals surface area contributed by atoms with E-state index in [0.717, 1.165) is 26.2 Å². The van der Waals surface area contributed by atoms with Gasteiger partial charge in [-0.1, -0.05) is 0 Å². The molecule has 1 aliphatic rings. The van der Waals surface area contributed by atoms with E-state index in [2.05, 4.69) is 10.6 Å². The highest BCUT2D eigenvalue weighted by Gasteiger charge is 2.05. The van der Waals surface area contributed by atoms with Gasteiger partial charge in [0.05, 0.1) is 18.4 Å². The molecule has 0 atom stereocenters. The van der Waals surface area contributed by atoms with E-state index < -0.39 is 11.9 Å². The topological polar surface area (TPSA) is 119 Å². The summed E-state index contributed by atoms with van der Waals surface area (Å²) in [6, 6.07) is 0. The van der Waals surface area contributed by atoms with Crippen LogP contribution in [0.2, 0.25) is 0 Å². The van der Waals surface area contributed by atoms with Gasteiger partial charge in [-0.05, 0) is 0 Å². The number of rotatable bonds is 1. The third-order valence-corrected chi connectivity index (χ3v) is 1.39. The Morgan fingerprint density at radius 1 is 1.14 bits per heavy atom. The summed E-state index contributed by atoms with van der Waals surface area (Å²) in [5.74, 6) is -3.65. The molecule has 1 heterocycles. The summed E-state index contributed by atoms with van der Waals surface area (Å²) in [6.45, 7) is 3.27. The van der Waals surface area contributed by atoms with Crippen LogP contribution in [0.1, 0.15) is 0 Å². The molecule has 1 saturated heterocycles. The average Bonchev–Trinajstić information content (AvgIpc) is 2.20. The molecule has 0 aromatic heterocycles. The van der Waals surface area contributed by atoms with Crippen LogP contribution < -0.4 is 5.32 Å². The molecule has 0 aromatic carbocycles. The van der Waals surface area contributed by atoms with E-state index in [0.29, 0.717) is 0 Å². The minimum absolute atomic E-state index is 0.753. The molecule has 0 saturated carbocycles. The number of nitrogens with zero attached hydrogens (tertiary/aromatic N) is 2. The van der Waals surface area contributed by atoms with Crippen molar-refractivity contribution >= 4 is 11.9 Å². The highest BCUT2D eigenvalue weighted by Crippen LogP contribution is 1.89. The zero-order valence-electron chi connectivity index (χ0n) is 7.34. The molecule has 1 rings (SSSR count). The number of hydrogen-bond acceptors (Lipinski definition) is 5. The van der Waals surface area contributed by atoms with Gasteiger partial charge in [-0.3, -0.25) is 5.01 Å². The van der Waals surface area contributed by atoms with Gasteiger partial charge in [-0.25, -0.2) is 9.59 Å². The number of nitrogens with one attached hydrogen (secondary N) is 1. The van der Waals surface area contributed by atoms with Crippen molar-refractivity contribution in [2.24, 2.45) is 5.29 Å². The van der Waals surface area contributed by atoms with Gasteiger partial charge in [0.2, 0.25) is 0 Å². The number of hydrogen-bond donors (Lipinski definition) is 3. The molecule has 8 heteroatoms. The predicted molar refractivity (Wildman–Crippen MR) is 45.5 cm³/mol. The highest BCUT2D eigenvalue weighted by molar-refractivity contribution is 6.27. The number of piperazine rings is 1. The van der Waals surface area contributed by atoms with E-state index >= 15 is 0 Å². The van der Waals surface area contributed by atoms with Crippen LogP contribution in [0.3, 0.4) is 0 Å². The maximum absolute atomic E-state index is 9.81. The van der Waals surface area contributed by atoms with Crippen molar-refractivity contribution in [3.8, 4) is 0 Å². The van der Waals surface area contributed by atoms with Gasteiger partial charge in [0.25, 0.3) is 0 Å². The largest absolute Gasteiger partial charge is 0.473 e. The molecule has 0 bridgehead atoms. The van der Waals surface area contributed by atoms with Crippen LogP contribution in [0, 0.1) is 4.91 Å². The maximum atomic E-state index is 9.81. The molecule has 80 valence electrons. The number of carbonyl (C=O) groups is 2. The zero-order valence-corrected chi connectivity index (χ0v) is 7.34. The lowest BCUT2D eigenvalue weighted by Gasteiger charge is -2.20. The van der Waals surface area contributed by atoms with E-state index in [9.17, 15) is 4.91 Å². The van der Waals surface area contributed by atoms with Crippen molar-refractivity contribution in [1.29, 1.82) is 0 Å². The van der Waals surface area contributed by atoms with Crippen LogP contribution in [0.4, 0.5) is 0 Å². The molecule has 0 radical (unpaired) electrons. The first kappa shape index (κ1) is 12.3. The van der Waals surface area contributed by atoms with E-state index in [1.54, 1.807) is 0 Å². The number of carboxylic acids is 2. The Balaban J connectivity index is 0.000000255. The maximum Gasteiger partial charge on any atom is 0.414 e. The molecule has 8 nitrogen and oxygen atoms in total. The first-order valence-corrected chi connectivity index (χ1v) is 3.83. The molecule has 14 heavy (non-hydrogen) atoms. The molecule has 0 amide bonds. The second-order valence-corrected chi connectivity index (χ2v) is 2.40. The Labute approximate surface area is 79.5 Å². The fourth-order valence-electron chi connectivity index (χ4n) is 0.735. The summed E-state index contributed by atoms with van der Waals surface area (Å²) in [6.07, 6.45) is 0. The van der Waals surface area contributed by atoms with Gasteiger partial charge in [-0.15, -0.1) is 4.91 Å². The molecule has 0 aromatic rings. The van der Waals surface area contributed by atoms with Crippen molar-refractivity contribution in [2.75, 3.05) is 26.2 Å². The summed E-state index contributed by atoms with van der Waals surface area (Å²) in [5.41, 5.74) is 0. The summed E-state index contributed by atoms with van der Waals surface area (Å²) < 4.78 is 0. The summed E-state index contributed by atoms with van der Waals surface area (Å²) in [4.78, 5) is 28.0. The Kier molecular flexibility index (Phi) is 5.95. The molecule has 0 unspecified atom stereocenters. The monoisotopic (exact) mass is 205 g/mol. The fraction of sp³-hybridized carbons (Fsp3) is 0.667. The van der Waals surface area contributed by atoms with Crippen molar-refractivity contribution < 1.29 is 19.8 Å². The van der Waals surface area contributed by atoms with Crippen molar-refractivity contribution in [1.82, 2.24) is 10.3 Å². The first-order valence-electron chi connectivity index (χ1n) is 3.83. The minimum Gasteiger partial charge on any atom is -0.473 e. The Morgan fingerprint density at radius 2 is 1.57 bits per heavy atom. The predicted octanol–water partition coefficient (Wildman–Crippen LogP) is -1.27. The van der Waals surface area contributed by atoms with Crippen molar-refractivity contribution in [3.63, 3.8) is 0 Å². The second kappa shape index (κ2) is 6.78. The summed E-state index contributed by atoms with van der Waals surface area (Å²) in [7, 11) is 0. The van der Waals surface area contributed by atoms with E-state index in [4.69, 9.17) is 19.8 Å². The summed E-state index contributed by atoms with van der Waals surface area (Å²) in [5, 5.41) is 22.2. The lowest BCUT2D eigenvalue weighted by molar-refractivity contribution is -0.159. The summed E-state index contributed by atoms with van der Waals surface area (Å²) >= 11 is 0. The minimum atomic E-state index is -1.82. The van der Waals surface area contributed by atoms with Gasteiger partial charge < -0.3 is 15.5 Å². The van der Waals surface area contributed by atoms with Gasteiger partial charge in [0.1, 0.15) is 0 Å². The van der Waals surface area contributed by atoms with E-state index in [1.165, 1.54) is 5.01 Å². The van der Waals surface area contributed by atoms with Crippen LogP contribution in [0.5, 0.6) is 0 Å².